The molecule has 0 atom stereocenters. The van der Waals surface area contributed by atoms with Gasteiger partial charge in [0.15, 0.2) is 5.34 Å². The Morgan fingerprint density at radius 2 is 1.67 bits per heavy atom. The molecule has 0 fully saturated rings. The van der Waals surface area contributed by atoms with E-state index in [1.807, 2.05) is 0 Å². The Morgan fingerprint density at radius 3 is 1.67 bits per heavy atom. The number of nitrogens with zero attached hydrogens (tertiary/aromatic N) is 1. The van der Waals surface area contributed by atoms with Crippen LogP contribution in [0.1, 0.15) is 0 Å². The maximum absolute atomic E-state index is 8.11. The van der Waals surface area contributed by atoms with Gasteiger partial charge in [-0.3, -0.25) is 0 Å². The summed E-state index contributed by atoms with van der Waals surface area (Å²) in [6, 6.07) is 0. The molecule has 3 nitrogen and oxygen atoms in total. The number of hydrogen-bond donors (Lipinski definition) is 1. The van der Waals surface area contributed by atoms with E-state index in [2.05, 4.69) is 0 Å². The standard InChI is InChI=1S/Cl2HP.HNO2/c1-3-2;2-1-3/h3H;(H,2,3). The zero-order valence-corrected chi connectivity index (χ0v) is 5.07. The van der Waals surface area contributed by atoms with Crippen LogP contribution in [0.4, 0.5) is 0 Å². The molecular weight excluding hydrogens is 148 g/mol. The lowest BCUT2D eigenvalue weighted by molar-refractivity contribution is 0.312. The van der Waals surface area contributed by atoms with Gasteiger partial charge < -0.3 is 5.21 Å². The SMILES string of the molecule is ClPCl.O=NO. The van der Waals surface area contributed by atoms with Crippen LogP contribution in [0.3, 0.4) is 0 Å². The quantitative estimate of drug-likeness (QED) is 0.326. The molecule has 0 spiro atoms. The molecule has 0 unspecified atom stereocenters. The van der Waals surface area contributed by atoms with E-state index in [-0.39, 0.29) is 7.29 Å². The number of halogens is 2. The fourth-order valence-corrected chi connectivity index (χ4v) is 0. The van der Waals surface area contributed by atoms with Crippen molar-refractivity contribution in [3.8, 4) is 0 Å². The van der Waals surface area contributed by atoms with E-state index in [1.165, 1.54) is 5.34 Å². The van der Waals surface area contributed by atoms with Gasteiger partial charge in [0.2, 0.25) is 0 Å². The monoisotopic (exact) mass is 149 g/mol. The third kappa shape index (κ3) is 305. The van der Waals surface area contributed by atoms with Crippen molar-refractivity contribution in [3.05, 3.63) is 4.91 Å². The molecule has 0 heterocycles. The summed E-state index contributed by atoms with van der Waals surface area (Å²) in [7, 11) is 0.0278. The van der Waals surface area contributed by atoms with Gasteiger partial charge in [0.25, 0.3) is 0 Å². The normalized spacial score (nSPS) is 5.00. The molecule has 0 aromatic rings. The molecule has 0 radical (unpaired) electrons. The van der Waals surface area contributed by atoms with Crippen molar-refractivity contribution in [2.75, 3.05) is 0 Å². The molecular formula is H2Cl2NO2P. The van der Waals surface area contributed by atoms with Crippen LogP contribution in [0, 0.1) is 4.91 Å². The molecule has 0 aliphatic rings. The summed E-state index contributed by atoms with van der Waals surface area (Å²) in [6.07, 6.45) is 0. The van der Waals surface area contributed by atoms with Gasteiger partial charge in [-0.2, -0.15) is 0 Å². The first-order chi connectivity index (χ1) is 2.83. The van der Waals surface area contributed by atoms with Crippen LogP contribution in [-0.2, 0) is 0 Å². The van der Waals surface area contributed by atoms with E-state index in [1.54, 1.807) is 0 Å². The zero-order valence-electron chi connectivity index (χ0n) is 2.56. The highest BCUT2D eigenvalue weighted by Crippen LogP contribution is 2.19. The lowest BCUT2D eigenvalue weighted by Crippen LogP contribution is -1.25. The number of hydrogen-bond acceptors (Lipinski definition) is 2. The third-order valence-electron chi connectivity index (χ3n) is 0. The van der Waals surface area contributed by atoms with Gasteiger partial charge >= 0.3 is 0 Å². The highest BCUT2D eigenvalue weighted by molar-refractivity contribution is 7.90. The minimum atomic E-state index is 0.0278. The van der Waals surface area contributed by atoms with Crippen LogP contribution in [0.15, 0.2) is 5.34 Å². The summed E-state index contributed by atoms with van der Waals surface area (Å²) < 4.78 is 0. The van der Waals surface area contributed by atoms with E-state index >= 15 is 0 Å². The Balaban J connectivity index is 0. The first-order valence-electron chi connectivity index (χ1n) is 0.761. The second kappa shape index (κ2) is 18.1. The maximum atomic E-state index is 8.11. The Bertz CT molecular complexity index is 25.5. The fourth-order valence-electron chi connectivity index (χ4n) is 0. The molecule has 0 aromatic carbocycles. The largest absolute Gasteiger partial charge is 0.379 e. The van der Waals surface area contributed by atoms with E-state index < -0.39 is 0 Å². The highest BCUT2D eigenvalue weighted by atomic mass is 35.9. The minimum Gasteiger partial charge on any atom is -0.379 e. The fraction of sp³-hybridized carbons (Fsp3) is 0. The van der Waals surface area contributed by atoms with Crippen molar-refractivity contribution in [1.82, 2.24) is 0 Å². The Labute approximate surface area is 45.9 Å². The molecule has 38 valence electrons. The third-order valence-corrected chi connectivity index (χ3v) is 0. The Hall–Kier alpha value is 0.410. The predicted octanol–water partition coefficient (Wildman–Crippen LogP) is 2.11. The Morgan fingerprint density at radius 1 is 1.67 bits per heavy atom. The van der Waals surface area contributed by atoms with Gasteiger partial charge in [-0.1, -0.05) is 22.5 Å². The molecule has 1 N–H and O–H groups in total. The minimum absolute atomic E-state index is 0.0278. The maximum Gasteiger partial charge on any atom is 0.152 e. The van der Waals surface area contributed by atoms with Gasteiger partial charge in [0, 0.05) is 0 Å². The lowest BCUT2D eigenvalue weighted by Gasteiger charge is -1.42. The second-order valence-electron chi connectivity index (χ2n) is 0.153. The van der Waals surface area contributed by atoms with E-state index in [9.17, 15) is 0 Å². The molecule has 0 aromatic heterocycles. The highest BCUT2D eigenvalue weighted by Gasteiger charge is 1.41. The first kappa shape index (κ1) is 9.65. The Kier molecular flexibility index (Phi) is 29.1. The van der Waals surface area contributed by atoms with E-state index in [0.29, 0.717) is 0 Å². The van der Waals surface area contributed by atoms with Crippen LogP contribution in [0.25, 0.3) is 0 Å². The van der Waals surface area contributed by atoms with Gasteiger partial charge in [0.1, 0.15) is 0 Å². The van der Waals surface area contributed by atoms with Gasteiger partial charge in [0.05, 0.1) is 7.29 Å². The molecule has 6 heavy (non-hydrogen) atoms. The summed E-state index contributed by atoms with van der Waals surface area (Å²) in [4.78, 5) is 8.11. The summed E-state index contributed by atoms with van der Waals surface area (Å²) in [5.74, 6) is 0. The zero-order chi connectivity index (χ0) is 5.41. The van der Waals surface area contributed by atoms with Crippen LogP contribution in [-0.4, -0.2) is 5.21 Å². The lowest BCUT2D eigenvalue weighted by atomic mass is 13.4. The molecule has 0 bridgehead atoms. The van der Waals surface area contributed by atoms with E-state index in [4.69, 9.17) is 32.6 Å². The molecule has 6 heteroatoms. The first-order valence-corrected chi connectivity index (χ1v) is 3.78. The smallest absolute Gasteiger partial charge is 0.152 e. The van der Waals surface area contributed by atoms with Crippen molar-refractivity contribution in [2.45, 2.75) is 0 Å². The number of rotatable bonds is 0. The molecule has 0 saturated heterocycles. The summed E-state index contributed by atoms with van der Waals surface area (Å²) in [5.41, 5.74) is 0. The van der Waals surface area contributed by atoms with Crippen LogP contribution < -0.4 is 0 Å². The van der Waals surface area contributed by atoms with Gasteiger partial charge in [-0.05, 0) is 0 Å². The molecule has 0 aliphatic heterocycles. The average molecular weight is 150 g/mol. The van der Waals surface area contributed by atoms with Crippen LogP contribution >= 0.6 is 29.8 Å². The van der Waals surface area contributed by atoms with Crippen molar-refractivity contribution >= 4 is 29.8 Å². The molecule has 0 saturated carbocycles. The van der Waals surface area contributed by atoms with Gasteiger partial charge in [-0.25, -0.2) is 0 Å². The van der Waals surface area contributed by atoms with Crippen LogP contribution in [0.5, 0.6) is 0 Å². The summed E-state index contributed by atoms with van der Waals surface area (Å²) >= 11 is 9.58. The van der Waals surface area contributed by atoms with Crippen molar-refractivity contribution in [3.63, 3.8) is 0 Å². The molecule has 0 aliphatic carbocycles. The van der Waals surface area contributed by atoms with Gasteiger partial charge in [-0.15, -0.1) is 4.91 Å². The van der Waals surface area contributed by atoms with Crippen molar-refractivity contribution < 1.29 is 5.21 Å². The summed E-state index contributed by atoms with van der Waals surface area (Å²) in [6.45, 7) is 0. The molecule has 0 amide bonds. The average Bonchev–Trinajstić information content (AvgIpc) is 1.39. The van der Waals surface area contributed by atoms with Crippen LogP contribution in [0.2, 0.25) is 0 Å². The molecule has 0 rings (SSSR count). The predicted molar refractivity (Wildman–Crippen MR) is 27.6 cm³/mol. The topological polar surface area (TPSA) is 49.7 Å². The van der Waals surface area contributed by atoms with Crippen molar-refractivity contribution in [1.29, 1.82) is 0 Å². The summed E-state index contributed by atoms with van der Waals surface area (Å²) in [5, 5.41) is 7.89. The second-order valence-corrected chi connectivity index (χ2v) is 2.01. The van der Waals surface area contributed by atoms with Crippen molar-refractivity contribution in [2.24, 2.45) is 5.34 Å². The van der Waals surface area contributed by atoms with E-state index in [0.717, 1.165) is 0 Å².